The van der Waals surface area contributed by atoms with Crippen molar-refractivity contribution in [2.45, 2.75) is 31.8 Å². The summed E-state index contributed by atoms with van der Waals surface area (Å²) in [6, 6.07) is 13.1. The molecule has 2 aromatic carbocycles. The third-order valence-electron chi connectivity index (χ3n) is 4.59. The molecule has 0 fully saturated rings. The third kappa shape index (κ3) is 4.71. The molecule has 0 spiro atoms. The summed E-state index contributed by atoms with van der Waals surface area (Å²) in [6.45, 7) is 1.79. The summed E-state index contributed by atoms with van der Waals surface area (Å²) in [5.74, 6) is -3.52. The Morgan fingerprint density at radius 1 is 1.08 bits per heavy atom. The van der Waals surface area contributed by atoms with Crippen LogP contribution in [0.5, 0.6) is 0 Å². The first-order valence-corrected chi connectivity index (χ1v) is 10.4. The second kappa shape index (κ2) is 8.47. The van der Waals surface area contributed by atoms with E-state index in [1.54, 1.807) is 13.0 Å². The minimum atomic E-state index is -3.87. The highest BCUT2D eigenvalue weighted by Gasteiger charge is 2.36. The van der Waals surface area contributed by atoms with Crippen LogP contribution in [-0.4, -0.2) is 33.2 Å². The fourth-order valence-electron chi connectivity index (χ4n) is 3.30. The predicted octanol–water partition coefficient (Wildman–Crippen LogP) is 4.13. The van der Waals surface area contributed by atoms with Crippen molar-refractivity contribution in [2.24, 2.45) is 5.92 Å². The fraction of sp³-hybridized carbons (Fsp3) is 0.368. The van der Waals surface area contributed by atoms with E-state index in [-0.39, 0.29) is 12.8 Å². The molecule has 2 aromatic rings. The van der Waals surface area contributed by atoms with E-state index in [1.807, 2.05) is 36.4 Å². The molecule has 6 nitrogen and oxygen atoms in total. The van der Waals surface area contributed by atoms with Gasteiger partial charge < -0.3 is 15.1 Å². The molecule has 3 atom stereocenters. The molecule has 140 valence electrons. The van der Waals surface area contributed by atoms with Crippen LogP contribution < -0.4 is 0 Å². The molecule has 0 saturated heterocycles. The first kappa shape index (κ1) is 20.1. The molecule has 26 heavy (non-hydrogen) atoms. The van der Waals surface area contributed by atoms with Crippen molar-refractivity contribution in [3.05, 3.63) is 48.0 Å². The van der Waals surface area contributed by atoms with Gasteiger partial charge in [-0.3, -0.25) is 14.2 Å². The van der Waals surface area contributed by atoms with Crippen LogP contribution in [0.4, 0.5) is 0 Å². The van der Waals surface area contributed by atoms with Gasteiger partial charge in [0.05, 0.1) is 11.6 Å². The SMILES string of the molecule is CCC(c1cccc2ccccc12)P(=O)(O)CC(CCC(=O)O)C(=O)O. The molecule has 3 N–H and O–H groups in total. The van der Waals surface area contributed by atoms with Crippen LogP contribution in [0.25, 0.3) is 10.8 Å². The normalized spacial score (nSPS) is 15.9. The van der Waals surface area contributed by atoms with Gasteiger partial charge in [-0.1, -0.05) is 49.4 Å². The quantitative estimate of drug-likeness (QED) is 0.566. The van der Waals surface area contributed by atoms with Crippen molar-refractivity contribution in [2.75, 3.05) is 6.16 Å². The van der Waals surface area contributed by atoms with Crippen molar-refractivity contribution in [3.63, 3.8) is 0 Å². The smallest absolute Gasteiger partial charge is 0.307 e. The zero-order chi connectivity index (χ0) is 19.3. The van der Waals surface area contributed by atoms with Gasteiger partial charge in [0.1, 0.15) is 0 Å². The van der Waals surface area contributed by atoms with Crippen LogP contribution in [0, 0.1) is 5.92 Å². The molecule has 0 radical (unpaired) electrons. The summed E-state index contributed by atoms with van der Waals surface area (Å²) >= 11 is 0. The summed E-state index contributed by atoms with van der Waals surface area (Å²) in [5.41, 5.74) is 0.0269. The van der Waals surface area contributed by atoms with Gasteiger partial charge in [0.2, 0.25) is 7.37 Å². The molecule has 0 aliphatic carbocycles. The molecule has 0 heterocycles. The minimum Gasteiger partial charge on any atom is -0.481 e. The van der Waals surface area contributed by atoms with Gasteiger partial charge in [-0.05, 0) is 29.2 Å². The second-order valence-corrected chi connectivity index (χ2v) is 8.90. The maximum atomic E-state index is 13.1. The lowest BCUT2D eigenvalue weighted by atomic mass is 10.0. The summed E-state index contributed by atoms with van der Waals surface area (Å²) in [4.78, 5) is 32.9. The maximum absolute atomic E-state index is 13.1. The number of carboxylic acid groups (broad SMARTS) is 2. The van der Waals surface area contributed by atoms with Crippen molar-refractivity contribution in [1.82, 2.24) is 0 Å². The van der Waals surface area contributed by atoms with Gasteiger partial charge in [0, 0.05) is 12.6 Å². The number of aliphatic carboxylic acids is 2. The highest BCUT2D eigenvalue weighted by atomic mass is 31.2. The van der Waals surface area contributed by atoms with E-state index in [1.165, 1.54) is 0 Å². The topological polar surface area (TPSA) is 112 Å². The Kier molecular flexibility index (Phi) is 6.57. The van der Waals surface area contributed by atoms with E-state index in [9.17, 15) is 24.2 Å². The van der Waals surface area contributed by atoms with E-state index < -0.39 is 37.0 Å². The number of fused-ring (bicyclic) bond motifs is 1. The number of benzene rings is 2. The van der Waals surface area contributed by atoms with Crippen LogP contribution in [0.3, 0.4) is 0 Å². The first-order valence-electron chi connectivity index (χ1n) is 8.50. The summed E-state index contributed by atoms with van der Waals surface area (Å²) in [6.07, 6.45) is -0.562. The van der Waals surface area contributed by atoms with Gasteiger partial charge in [0.25, 0.3) is 0 Å². The molecule has 7 heteroatoms. The molecule has 0 saturated carbocycles. The van der Waals surface area contributed by atoms with Crippen molar-refractivity contribution < 1.29 is 29.3 Å². The highest BCUT2D eigenvalue weighted by molar-refractivity contribution is 7.58. The van der Waals surface area contributed by atoms with Crippen LogP contribution in [0.1, 0.15) is 37.4 Å². The van der Waals surface area contributed by atoms with Gasteiger partial charge in [-0.2, -0.15) is 0 Å². The largest absolute Gasteiger partial charge is 0.481 e. The Hall–Kier alpha value is -2.17. The van der Waals surface area contributed by atoms with Crippen LogP contribution in [0.15, 0.2) is 42.5 Å². The molecule has 0 aliphatic rings. The fourth-order valence-corrected chi connectivity index (χ4v) is 5.75. The van der Waals surface area contributed by atoms with Crippen LogP contribution in [0.2, 0.25) is 0 Å². The van der Waals surface area contributed by atoms with Crippen molar-refractivity contribution >= 4 is 30.1 Å². The summed E-state index contributed by atoms with van der Waals surface area (Å²) in [7, 11) is -3.87. The number of hydrogen-bond acceptors (Lipinski definition) is 3. The molecule has 0 bridgehead atoms. The molecule has 0 aliphatic heterocycles. The first-order chi connectivity index (χ1) is 12.3. The third-order valence-corrected chi connectivity index (χ3v) is 7.18. The van der Waals surface area contributed by atoms with E-state index in [0.29, 0.717) is 6.42 Å². The zero-order valence-electron chi connectivity index (χ0n) is 14.5. The van der Waals surface area contributed by atoms with E-state index in [0.717, 1.165) is 16.3 Å². The number of carboxylic acids is 2. The Morgan fingerprint density at radius 2 is 1.73 bits per heavy atom. The Bertz CT molecular complexity index is 842. The Balaban J connectivity index is 2.35. The van der Waals surface area contributed by atoms with Gasteiger partial charge in [0.15, 0.2) is 0 Å². The number of carbonyl (C=O) groups is 2. The van der Waals surface area contributed by atoms with E-state index in [4.69, 9.17) is 5.11 Å². The maximum Gasteiger partial charge on any atom is 0.307 e. The van der Waals surface area contributed by atoms with Gasteiger partial charge >= 0.3 is 11.9 Å². The van der Waals surface area contributed by atoms with Crippen molar-refractivity contribution in [1.29, 1.82) is 0 Å². The lowest BCUT2D eigenvalue weighted by Crippen LogP contribution is -2.21. The zero-order valence-corrected chi connectivity index (χ0v) is 15.4. The number of hydrogen-bond donors (Lipinski definition) is 3. The molecular weight excluding hydrogens is 355 g/mol. The lowest BCUT2D eigenvalue weighted by molar-refractivity contribution is -0.142. The summed E-state index contributed by atoms with van der Waals surface area (Å²) < 4.78 is 13.1. The average Bonchev–Trinajstić information content (AvgIpc) is 2.58. The monoisotopic (exact) mass is 378 g/mol. The molecular formula is C19H23O6P. The minimum absolute atomic E-state index is 0.165. The Morgan fingerprint density at radius 3 is 2.35 bits per heavy atom. The molecule has 0 aromatic heterocycles. The van der Waals surface area contributed by atoms with Crippen LogP contribution in [-0.2, 0) is 14.2 Å². The van der Waals surface area contributed by atoms with Gasteiger partial charge in [-0.15, -0.1) is 0 Å². The highest BCUT2D eigenvalue weighted by Crippen LogP contribution is 2.59. The summed E-state index contributed by atoms with van der Waals surface area (Å²) in [5, 5.41) is 19.9. The molecule has 3 unspecified atom stereocenters. The van der Waals surface area contributed by atoms with Crippen molar-refractivity contribution in [3.8, 4) is 0 Å². The van der Waals surface area contributed by atoms with E-state index >= 15 is 0 Å². The van der Waals surface area contributed by atoms with Crippen LogP contribution >= 0.6 is 7.37 Å². The lowest BCUT2D eigenvalue weighted by Gasteiger charge is -2.26. The Labute approximate surface area is 151 Å². The second-order valence-electron chi connectivity index (χ2n) is 6.40. The average molecular weight is 378 g/mol. The predicted molar refractivity (Wildman–Crippen MR) is 99.7 cm³/mol. The standard InChI is InChI=1S/C19H23O6P/c1-2-17(16-9-5-7-13-6-3-4-8-15(13)16)26(24,25)12-14(19(22)23)10-11-18(20)21/h3-9,14,17H,2,10-12H2,1H3,(H,20,21)(H,22,23)(H,24,25). The molecule has 0 amide bonds. The number of rotatable bonds is 9. The van der Waals surface area contributed by atoms with Gasteiger partial charge in [-0.25, -0.2) is 0 Å². The molecule has 2 rings (SSSR count). The van der Waals surface area contributed by atoms with E-state index in [2.05, 4.69) is 0 Å².